The van der Waals surface area contributed by atoms with E-state index in [-0.39, 0.29) is 39.0 Å². The van der Waals surface area contributed by atoms with Crippen molar-refractivity contribution in [1.82, 2.24) is 15.0 Å². The zero-order valence-electron chi connectivity index (χ0n) is 18.1. The third-order valence-corrected chi connectivity index (χ3v) is 3.50. The Kier molecular flexibility index (Phi) is 16.0. The van der Waals surface area contributed by atoms with Gasteiger partial charge in [-0.2, -0.15) is 0 Å². The number of rotatable bonds is 6. The number of hydrogen-bond donors (Lipinski definition) is 0. The van der Waals surface area contributed by atoms with Crippen molar-refractivity contribution in [2.24, 2.45) is 0 Å². The third kappa shape index (κ3) is 12.0. The summed E-state index contributed by atoms with van der Waals surface area (Å²) in [7, 11) is 0. The number of nitrogens with zero attached hydrogens (tertiary/aromatic N) is 3. The van der Waals surface area contributed by atoms with Gasteiger partial charge in [-0.05, 0) is 36.4 Å². The van der Waals surface area contributed by atoms with E-state index in [0.717, 1.165) is 36.4 Å². The van der Waals surface area contributed by atoms with Crippen LogP contribution in [0.1, 0.15) is 62.9 Å². The fraction of sp³-hybridized carbons (Fsp3) is 0. The molecule has 3 heterocycles. The van der Waals surface area contributed by atoms with Gasteiger partial charge in [-0.25, -0.2) is 15.0 Å². The second-order valence-corrected chi connectivity index (χ2v) is 5.95. The summed E-state index contributed by atoms with van der Waals surface area (Å²) in [6.07, 6.45) is 0. The number of carbonyl (C=O) groups is 6. The van der Waals surface area contributed by atoms with Crippen LogP contribution in [0.25, 0.3) is 0 Å². The van der Waals surface area contributed by atoms with Crippen LogP contribution in [0.2, 0.25) is 0 Å². The van der Waals surface area contributed by atoms with Crippen molar-refractivity contribution in [3.8, 4) is 0 Å². The number of carbonyl (C=O) groups excluding carboxylic acids is 6. The average molecular weight is 701 g/mol. The number of hydrogen-bond acceptors (Lipinski definition) is 15. The van der Waals surface area contributed by atoms with Gasteiger partial charge in [0.15, 0.2) is 0 Å². The average Bonchev–Trinajstić information content (AvgIpc) is 2.85. The van der Waals surface area contributed by atoms with Crippen LogP contribution in [0.3, 0.4) is 0 Å². The van der Waals surface area contributed by atoms with Crippen LogP contribution in [0.4, 0.5) is 0 Å². The molecule has 0 amide bonds. The van der Waals surface area contributed by atoms with E-state index in [4.69, 9.17) is 0 Å². The topological polar surface area (TPSA) is 279 Å². The summed E-state index contributed by atoms with van der Waals surface area (Å²) in [5.41, 5.74) is -2.52. The normalized spacial score (nSPS) is 8.84. The number of aromatic carboxylic acids is 6. The van der Waals surface area contributed by atoms with E-state index in [9.17, 15) is 59.4 Å². The minimum Gasteiger partial charge on any atom is -0.543 e. The molecule has 38 heavy (non-hydrogen) atoms. The second kappa shape index (κ2) is 17.1. The maximum Gasteiger partial charge on any atom is 3.00 e. The van der Waals surface area contributed by atoms with Gasteiger partial charge in [0, 0.05) is 0 Å². The van der Waals surface area contributed by atoms with Gasteiger partial charge in [0.25, 0.3) is 0 Å². The minimum atomic E-state index is -1.52. The predicted octanol–water partition coefficient (Wildman–Crippen LogP) is -6.58. The van der Waals surface area contributed by atoms with Crippen LogP contribution in [0, 0.1) is 0 Å². The number of aromatic nitrogens is 3. The van der Waals surface area contributed by atoms with E-state index in [1.165, 1.54) is 18.2 Å². The molecule has 15 nitrogen and oxygen atoms in total. The SMILES string of the molecule is O=C([O-])c1cccc(C(=O)[O-])n1.O=C([O-])c1cccc(C(=O)[O-])n1.O=C([O-])c1cccc(C(=O)[O-])n1.[Rh+3].[Rh+3]. The summed E-state index contributed by atoms with van der Waals surface area (Å²) >= 11 is 0. The maximum atomic E-state index is 10.2. The molecule has 0 aliphatic heterocycles. The first-order valence-electron chi connectivity index (χ1n) is 9.02. The minimum absolute atomic E-state index is 0. The Labute approximate surface area is 237 Å². The smallest absolute Gasteiger partial charge is 0.543 e. The molecule has 3 aromatic rings. The van der Waals surface area contributed by atoms with E-state index in [1.54, 1.807) is 0 Å². The Morgan fingerprint density at radius 3 is 0.605 bits per heavy atom. The second-order valence-electron chi connectivity index (χ2n) is 5.95. The third-order valence-electron chi connectivity index (χ3n) is 3.50. The molecule has 0 aliphatic rings. The van der Waals surface area contributed by atoms with Crippen LogP contribution >= 0.6 is 0 Å². The zero-order valence-corrected chi connectivity index (χ0v) is 21.4. The van der Waals surface area contributed by atoms with Gasteiger partial charge in [0.05, 0.1) is 70.0 Å². The molecular formula is C21H9N3O12Rh2. The maximum absolute atomic E-state index is 10.2. The summed E-state index contributed by atoms with van der Waals surface area (Å²) < 4.78 is 0. The summed E-state index contributed by atoms with van der Waals surface area (Å²) in [4.78, 5) is 70.9. The standard InChI is InChI=1S/3C7H5NO4.2Rh/c3*9-6(10)4-2-1-3-5(8-4)7(11)12;;/h3*1-3H,(H,9,10)(H,11,12);;/q;;;2*+3/p-6. The molecule has 3 aromatic heterocycles. The fourth-order valence-corrected chi connectivity index (χ4v) is 1.99. The largest absolute Gasteiger partial charge is 3.00 e. The van der Waals surface area contributed by atoms with Crippen molar-refractivity contribution in [3.05, 3.63) is 88.8 Å². The van der Waals surface area contributed by atoms with Crippen LogP contribution < -0.4 is 30.6 Å². The molecule has 0 radical (unpaired) electrons. The van der Waals surface area contributed by atoms with Crippen molar-refractivity contribution < 1.29 is 98.4 Å². The molecule has 0 aliphatic carbocycles. The Morgan fingerprint density at radius 2 is 0.500 bits per heavy atom. The molecule has 0 unspecified atom stereocenters. The van der Waals surface area contributed by atoms with Crippen LogP contribution in [0.5, 0.6) is 0 Å². The Bertz CT molecular complexity index is 1090. The van der Waals surface area contributed by atoms with Gasteiger partial charge in [0.2, 0.25) is 0 Å². The van der Waals surface area contributed by atoms with Crippen molar-refractivity contribution in [1.29, 1.82) is 0 Å². The Morgan fingerprint density at radius 1 is 0.368 bits per heavy atom. The van der Waals surface area contributed by atoms with Gasteiger partial charge >= 0.3 is 39.0 Å². The molecule has 0 N–H and O–H groups in total. The van der Waals surface area contributed by atoms with Crippen molar-refractivity contribution in [2.75, 3.05) is 0 Å². The summed E-state index contributed by atoms with van der Waals surface area (Å²) in [6, 6.07) is 10.6. The van der Waals surface area contributed by atoms with E-state index >= 15 is 0 Å². The number of pyridine rings is 3. The van der Waals surface area contributed by atoms with Crippen molar-refractivity contribution in [3.63, 3.8) is 0 Å². The molecule has 0 saturated heterocycles. The van der Waals surface area contributed by atoms with Crippen LogP contribution in [-0.4, -0.2) is 50.8 Å². The Hall–Kier alpha value is -4.48. The van der Waals surface area contributed by atoms with Gasteiger partial charge < -0.3 is 59.4 Å². The summed E-state index contributed by atoms with van der Waals surface area (Å²) in [5.74, 6) is -9.09. The molecule has 3 rings (SSSR count). The number of carboxylic acids is 6. The van der Waals surface area contributed by atoms with E-state index in [0.29, 0.717) is 0 Å². The molecule has 0 saturated carbocycles. The molecule has 17 heteroatoms. The molecule has 0 fully saturated rings. The van der Waals surface area contributed by atoms with Crippen molar-refractivity contribution in [2.45, 2.75) is 0 Å². The van der Waals surface area contributed by atoms with E-state index in [2.05, 4.69) is 15.0 Å². The first kappa shape index (κ1) is 35.7. The molecule has 0 spiro atoms. The van der Waals surface area contributed by atoms with Crippen molar-refractivity contribution >= 4 is 35.8 Å². The predicted molar refractivity (Wildman–Crippen MR) is 98.7 cm³/mol. The van der Waals surface area contributed by atoms with Gasteiger partial charge in [-0.1, -0.05) is 18.2 Å². The first-order chi connectivity index (χ1) is 16.8. The number of carboxylic acid groups (broad SMARTS) is 6. The Balaban J connectivity index is 0. The molecule has 0 atom stereocenters. The zero-order chi connectivity index (χ0) is 27.4. The summed E-state index contributed by atoms with van der Waals surface area (Å²) in [6.45, 7) is 0. The van der Waals surface area contributed by atoms with Crippen LogP contribution in [0.15, 0.2) is 54.6 Å². The quantitative estimate of drug-likeness (QED) is 0.216. The fourth-order valence-electron chi connectivity index (χ4n) is 1.99. The molecule has 0 aromatic carbocycles. The van der Waals surface area contributed by atoms with Gasteiger partial charge in [-0.15, -0.1) is 0 Å². The first-order valence-corrected chi connectivity index (χ1v) is 9.02. The van der Waals surface area contributed by atoms with Crippen LogP contribution in [-0.2, 0) is 39.0 Å². The summed E-state index contributed by atoms with van der Waals surface area (Å²) in [5, 5.41) is 61.1. The molecular weight excluding hydrogens is 692 g/mol. The molecule has 0 bridgehead atoms. The molecule has 198 valence electrons. The van der Waals surface area contributed by atoms with Gasteiger partial charge in [0.1, 0.15) is 0 Å². The van der Waals surface area contributed by atoms with Gasteiger partial charge in [-0.3, -0.25) is 0 Å². The van der Waals surface area contributed by atoms with E-state index < -0.39 is 70.0 Å². The van der Waals surface area contributed by atoms with E-state index in [1.807, 2.05) is 0 Å². The monoisotopic (exact) mass is 701 g/mol.